The molecule has 0 atom stereocenters. The van der Waals surface area contributed by atoms with Crippen LogP contribution in [0.5, 0.6) is 0 Å². The van der Waals surface area contributed by atoms with E-state index in [2.05, 4.69) is 46.9 Å². The van der Waals surface area contributed by atoms with Crippen molar-refractivity contribution < 1.29 is 4.79 Å². The second kappa shape index (κ2) is 8.43. The Hall–Kier alpha value is -2.57. The maximum Gasteiger partial charge on any atom is 0.233 e. The number of hydrogen-bond donors (Lipinski definition) is 0. The Balaban J connectivity index is 1.68. The van der Waals surface area contributed by atoms with E-state index in [1.54, 1.807) is 17.3 Å². The van der Waals surface area contributed by atoms with E-state index in [1.165, 1.54) is 22.5 Å². The first kappa shape index (κ1) is 19.7. The molecule has 146 valence electrons. The van der Waals surface area contributed by atoms with Gasteiger partial charge < -0.3 is 0 Å². The van der Waals surface area contributed by atoms with Gasteiger partial charge in [0.2, 0.25) is 5.91 Å². The lowest BCUT2D eigenvalue weighted by Crippen LogP contribution is -2.31. The summed E-state index contributed by atoms with van der Waals surface area (Å²) < 4.78 is 2.05. The molecule has 0 bridgehead atoms. The van der Waals surface area contributed by atoms with Crippen molar-refractivity contribution in [2.24, 2.45) is 0 Å². The quantitative estimate of drug-likeness (QED) is 0.371. The number of rotatable bonds is 5. The van der Waals surface area contributed by atoms with Crippen molar-refractivity contribution in [3.05, 3.63) is 87.7 Å². The Morgan fingerprint density at radius 3 is 2.69 bits per heavy atom. The molecule has 0 spiro atoms. The summed E-state index contributed by atoms with van der Waals surface area (Å²) in [5.41, 5.74) is 5.30. The molecule has 0 aliphatic heterocycles. The number of aromatic nitrogens is 2. The van der Waals surface area contributed by atoms with E-state index in [9.17, 15) is 4.79 Å². The Morgan fingerprint density at radius 2 is 1.93 bits per heavy atom. The maximum absolute atomic E-state index is 13.3. The van der Waals surface area contributed by atoms with Gasteiger partial charge in [-0.25, -0.2) is 4.98 Å². The zero-order chi connectivity index (χ0) is 20.4. The third-order valence-corrected chi connectivity index (χ3v) is 6.40. The molecule has 0 aliphatic rings. The van der Waals surface area contributed by atoms with Crippen LogP contribution >= 0.6 is 27.3 Å². The van der Waals surface area contributed by atoms with E-state index in [4.69, 9.17) is 4.98 Å². The molecule has 2 aromatic carbocycles. The number of nitrogens with zero attached hydrogens (tertiary/aromatic N) is 3. The Kier molecular flexibility index (Phi) is 5.74. The maximum atomic E-state index is 13.3. The van der Waals surface area contributed by atoms with Crippen molar-refractivity contribution in [3.63, 3.8) is 0 Å². The second-order valence-corrected chi connectivity index (χ2v) is 8.97. The minimum Gasteiger partial charge on any atom is -0.283 e. The van der Waals surface area contributed by atoms with Crippen LogP contribution in [0.25, 0.3) is 10.2 Å². The number of fused-ring (bicyclic) bond motifs is 1. The van der Waals surface area contributed by atoms with E-state index < -0.39 is 0 Å². The monoisotopic (exact) mass is 465 g/mol. The molecule has 1 amide bonds. The molecule has 29 heavy (non-hydrogen) atoms. The van der Waals surface area contributed by atoms with Gasteiger partial charge in [0.15, 0.2) is 5.13 Å². The van der Waals surface area contributed by atoms with Crippen LogP contribution in [-0.2, 0) is 17.8 Å². The molecule has 4 aromatic rings. The van der Waals surface area contributed by atoms with Crippen LogP contribution in [-0.4, -0.2) is 15.9 Å². The zero-order valence-electron chi connectivity index (χ0n) is 16.2. The first-order chi connectivity index (χ1) is 14.0. The zero-order valence-corrected chi connectivity index (χ0v) is 18.6. The first-order valence-electron chi connectivity index (χ1n) is 9.31. The number of hydrogen-bond acceptors (Lipinski definition) is 4. The van der Waals surface area contributed by atoms with Gasteiger partial charge >= 0.3 is 0 Å². The van der Waals surface area contributed by atoms with Crippen LogP contribution in [0.1, 0.15) is 22.3 Å². The lowest BCUT2D eigenvalue weighted by atomic mass is 10.0. The number of carbonyl (C=O) groups is 1. The molecule has 0 saturated heterocycles. The molecule has 6 heteroatoms. The van der Waals surface area contributed by atoms with Gasteiger partial charge in [-0.1, -0.05) is 51.5 Å². The topological polar surface area (TPSA) is 46.1 Å². The molecule has 0 aliphatic carbocycles. The number of carbonyl (C=O) groups excluding carboxylic acids is 1. The van der Waals surface area contributed by atoms with Crippen molar-refractivity contribution in [2.45, 2.75) is 26.8 Å². The van der Waals surface area contributed by atoms with Gasteiger partial charge in [0, 0.05) is 16.9 Å². The third-order valence-electron chi connectivity index (χ3n) is 4.86. The summed E-state index contributed by atoms with van der Waals surface area (Å²) >= 11 is 5.04. The number of thiazole rings is 1. The molecule has 0 N–H and O–H groups in total. The van der Waals surface area contributed by atoms with E-state index in [1.807, 2.05) is 36.4 Å². The molecule has 0 saturated carbocycles. The van der Waals surface area contributed by atoms with E-state index >= 15 is 0 Å². The number of amides is 1. The molecule has 4 nitrogen and oxygen atoms in total. The molecule has 0 fully saturated rings. The molecule has 0 unspecified atom stereocenters. The predicted octanol–water partition coefficient (Wildman–Crippen LogP) is 5.85. The van der Waals surface area contributed by atoms with Crippen LogP contribution in [0.2, 0.25) is 0 Å². The van der Waals surface area contributed by atoms with Crippen molar-refractivity contribution in [2.75, 3.05) is 4.90 Å². The van der Waals surface area contributed by atoms with Gasteiger partial charge in [-0.3, -0.25) is 14.7 Å². The normalized spacial score (nSPS) is 11.0. The molecule has 0 radical (unpaired) electrons. The highest BCUT2D eigenvalue weighted by Gasteiger charge is 2.21. The Bertz CT molecular complexity index is 1170. The summed E-state index contributed by atoms with van der Waals surface area (Å²) in [4.78, 5) is 24.0. The minimum atomic E-state index is 0.0234. The average molecular weight is 466 g/mol. The number of aryl methyl sites for hydroxylation is 2. The molecule has 2 aromatic heterocycles. The van der Waals surface area contributed by atoms with Gasteiger partial charge in [0.1, 0.15) is 0 Å². The minimum absolute atomic E-state index is 0.0234. The summed E-state index contributed by atoms with van der Waals surface area (Å²) in [6, 6.07) is 16.0. The van der Waals surface area contributed by atoms with E-state index in [0.717, 1.165) is 25.8 Å². The number of halogens is 1. The summed E-state index contributed by atoms with van der Waals surface area (Å²) in [5, 5.41) is 0.704. The largest absolute Gasteiger partial charge is 0.283 e. The standard InChI is InChI=1S/C23H20BrN3OS/c1-15-5-6-17(10-16(15)2)11-22(28)27(14-18-4-3-9-25-13-18)23-26-20-8-7-19(24)12-21(20)29-23/h3-10,12-13H,11,14H2,1-2H3. The predicted molar refractivity (Wildman–Crippen MR) is 122 cm³/mol. The fourth-order valence-electron chi connectivity index (χ4n) is 3.12. The highest BCUT2D eigenvalue weighted by atomic mass is 79.9. The molecule has 2 heterocycles. The summed E-state index contributed by atoms with van der Waals surface area (Å²) in [6.07, 6.45) is 3.86. The smallest absolute Gasteiger partial charge is 0.233 e. The van der Waals surface area contributed by atoms with Crippen LogP contribution in [0.4, 0.5) is 5.13 Å². The van der Waals surface area contributed by atoms with Gasteiger partial charge in [-0.2, -0.15) is 0 Å². The van der Waals surface area contributed by atoms with Crippen LogP contribution < -0.4 is 4.90 Å². The number of benzene rings is 2. The second-order valence-electron chi connectivity index (χ2n) is 7.05. The van der Waals surface area contributed by atoms with Crippen LogP contribution in [0.15, 0.2) is 65.4 Å². The molecule has 4 rings (SSSR count). The third kappa shape index (κ3) is 4.54. The summed E-state index contributed by atoms with van der Waals surface area (Å²) in [6.45, 7) is 4.59. The Labute approximate surface area is 182 Å². The molecular weight excluding hydrogens is 446 g/mol. The summed E-state index contributed by atoms with van der Waals surface area (Å²) in [5.74, 6) is 0.0234. The highest BCUT2D eigenvalue weighted by Crippen LogP contribution is 2.32. The van der Waals surface area contributed by atoms with Crippen molar-refractivity contribution >= 4 is 48.5 Å². The average Bonchev–Trinajstić information content (AvgIpc) is 3.12. The fraction of sp³-hybridized carbons (Fsp3) is 0.174. The van der Waals surface area contributed by atoms with Crippen LogP contribution in [0, 0.1) is 13.8 Å². The number of anilines is 1. The molecular formula is C23H20BrN3OS. The SMILES string of the molecule is Cc1ccc(CC(=O)N(Cc2cccnc2)c2nc3ccc(Br)cc3s2)cc1C. The van der Waals surface area contributed by atoms with Crippen molar-refractivity contribution in [3.8, 4) is 0 Å². The van der Waals surface area contributed by atoms with Gasteiger partial charge in [-0.15, -0.1) is 0 Å². The lowest BCUT2D eigenvalue weighted by molar-refractivity contribution is -0.118. The van der Waals surface area contributed by atoms with Crippen molar-refractivity contribution in [1.29, 1.82) is 0 Å². The van der Waals surface area contributed by atoms with E-state index in [0.29, 0.717) is 18.1 Å². The van der Waals surface area contributed by atoms with Crippen LogP contribution in [0.3, 0.4) is 0 Å². The van der Waals surface area contributed by atoms with Crippen molar-refractivity contribution in [1.82, 2.24) is 9.97 Å². The Morgan fingerprint density at radius 1 is 1.07 bits per heavy atom. The van der Waals surface area contributed by atoms with Gasteiger partial charge in [-0.05, 0) is 60.4 Å². The van der Waals surface area contributed by atoms with E-state index in [-0.39, 0.29) is 5.91 Å². The first-order valence-corrected chi connectivity index (χ1v) is 10.9. The lowest BCUT2D eigenvalue weighted by Gasteiger charge is -2.20. The fourth-order valence-corrected chi connectivity index (χ4v) is 4.66. The summed E-state index contributed by atoms with van der Waals surface area (Å²) in [7, 11) is 0. The van der Waals surface area contributed by atoms with Gasteiger partial charge in [0.25, 0.3) is 0 Å². The highest BCUT2D eigenvalue weighted by molar-refractivity contribution is 9.10. The van der Waals surface area contributed by atoms with Gasteiger partial charge in [0.05, 0.1) is 23.2 Å². The number of pyridine rings is 1.